The molecular weight excluding hydrogens is 324 g/mol. The van der Waals surface area contributed by atoms with Crippen molar-refractivity contribution < 1.29 is 9.53 Å². The monoisotopic (exact) mass is 346 g/mol. The third kappa shape index (κ3) is 3.00. The van der Waals surface area contributed by atoms with E-state index in [9.17, 15) is 10.1 Å². The lowest BCUT2D eigenvalue weighted by atomic mass is 9.80. The highest BCUT2D eigenvalue weighted by Gasteiger charge is 2.41. The van der Waals surface area contributed by atoms with Gasteiger partial charge in [-0.3, -0.25) is 4.79 Å². The summed E-state index contributed by atoms with van der Waals surface area (Å²) in [6.07, 6.45) is 2.78. The van der Waals surface area contributed by atoms with Gasteiger partial charge >= 0.3 is 0 Å². The van der Waals surface area contributed by atoms with Gasteiger partial charge in [0.2, 0.25) is 5.91 Å². The number of carbonyl (C=O) groups is 1. The Balaban J connectivity index is 1.58. The van der Waals surface area contributed by atoms with Crippen molar-refractivity contribution in [2.75, 3.05) is 13.2 Å². The fourth-order valence-electron chi connectivity index (χ4n) is 3.97. The fourth-order valence-corrected chi connectivity index (χ4v) is 3.97. The van der Waals surface area contributed by atoms with Crippen LogP contribution in [0.25, 0.3) is 11.1 Å². The molecule has 1 atom stereocenters. The van der Waals surface area contributed by atoms with E-state index in [1.54, 1.807) is 0 Å². The number of hydrogen-bond acceptors (Lipinski definition) is 3. The Morgan fingerprint density at radius 2 is 1.88 bits per heavy atom. The number of nitrogens with one attached hydrogen (secondary N) is 1. The minimum Gasteiger partial charge on any atom is -0.381 e. The van der Waals surface area contributed by atoms with Gasteiger partial charge in [-0.05, 0) is 54.0 Å². The van der Waals surface area contributed by atoms with Gasteiger partial charge in [0.25, 0.3) is 0 Å². The van der Waals surface area contributed by atoms with E-state index in [4.69, 9.17) is 4.74 Å². The normalized spacial score (nSPS) is 20.8. The van der Waals surface area contributed by atoms with E-state index in [1.165, 1.54) is 16.7 Å². The summed E-state index contributed by atoms with van der Waals surface area (Å²) in [5.41, 5.74) is 3.85. The number of amides is 1. The predicted octanol–water partition coefficient (Wildman–Crippen LogP) is 3.78. The van der Waals surface area contributed by atoms with Crippen LogP contribution in [0.4, 0.5) is 0 Å². The molecule has 2 aromatic rings. The number of aryl methyl sites for hydroxylation is 1. The number of carbonyl (C=O) groups excluding carboxylic acids is 1. The largest absolute Gasteiger partial charge is 0.381 e. The highest BCUT2D eigenvalue weighted by atomic mass is 16.5. The number of hydrogen-bond donors (Lipinski definition) is 1. The Morgan fingerprint density at radius 1 is 1.12 bits per heavy atom. The first-order chi connectivity index (χ1) is 12.7. The second kappa shape index (κ2) is 6.93. The van der Waals surface area contributed by atoms with Crippen molar-refractivity contribution in [1.29, 1.82) is 5.26 Å². The van der Waals surface area contributed by atoms with Gasteiger partial charge in [-0.15, -0.1) is 0 Å². The van der Waals surface area contributed by atoms with Gasteiger partial charge in [0.1, 0.15) is 5.41 Å². The predicted molar refractivity (Wildman–Crippen MR) is 99.2 cm³/mol. The number of rotatable bonds is 3. The van der Waals surface area contributed by atoms with E-state index in [0.29, 0.717) is 26.1 Å². The second-order valence-corrected chi connectivity index (χ2v) is 7.15. The van der Waals surface area contributed by atoms with Crippen molar-refractivity contribution >= 4 is 5.91 Å². The van der Waals surface area contributed by atoms with E-state index in [0.717, 1.165) is 18.4 Å². The first-order valence-corrected chi connectivity index (χ1v) is 9.20. The van der Waals surface area contributed by atoms with E-state index in [-0.39, 0.29) is 11.9 Å². The third-order valence-corrected chi connectivity index (χ3v) is 5.63. The van der Waals surface area contributed by atoms with Crippen LogP contribution in [0.2, 0.25) is 0 Å². The molecule has 4 heteroatoms. The van der Waals surface area contributed by atoms with E-state index in [2.05, 4.69) is 41.7 Å². The van der Waals surface area contributed by atoms with Crippen molar-refractivity contribution in [2.24, 2.45) is 5.41 Å². The van der Waals surface area contributed by atoms with E-state index >= 15 is 0 Å². The molecule has 0 aromatic heterocycles. The molecule has 1 N–H and O–H groups in total. The van der Waals surface area contributed by atoms with Gasteiger partial charge in [-0.2, -0.15) is 5.26 Å². The Bertz CT molecular complexity index is 848. The molecule has 1 fully saturated rings. The van der Waals surface area contributed by atoms with Crippen molar-refractivity contribution in [3.8, 4) is 17.2 Å². The Hall–Kier alpha value is -2.64. The van der Waals surface area contributed by atoms with Crippen LogP contribution >= 0.6 is 0 Å². The highest BCUT2D eigenvalue weighted by molar-refractivity contribution is 5.86. The molecule has 1 unspecified atom stereocenters. The average molecular weight is 346 g/mol. The topological polar surface area (TPSA) is 62.1 Å². The molecule has 1 aliphatic heterocycles. The lowest BCUT2D eigenvalue weighted by Gasteiger charge is -2.30. The zero-order chi connectivity index (χ0) is 18.0. The second-order valence-electron chi connectivity index (χ2n) is 7.15. The van der Waals surface area contributed by atoms with Gasteiger partial charge in [-0.25, -0.2) is 0 Å². The molecule has 1 saturated heterocycles. The van der Waals surface area contributed by atoms with E-state index < -0.39 is 5.41 Å². The molecule has 1 amide bonds. The van der Waals surface area contributed by atoms with Crippen LogP contribution in [0.1, 0.15) is 36.4 Å². The van der Waals surface area contributed by atoms with Gasteiger partial charge in [0, 0.05) is 13.2 Å². The molecule has 132 valence electrons. The van der Waals surface area contributed by atoms with Crippen molar-refractivity contribution in [3.05, 3.63) is 59.7 Å². The Kier molecular flexibility index (Phi) is 4.48. The maximum atomic E-state index is 12.9. The molecule has 4 nitrogen and oxygen atoms in total. The molecule has 0 saturated carbocycles. The molecule has 2 aromatic carbocycles. The first kappa shape index (κ1) is 16.8. The van der Waals surface area contributed by atoms with E-state index in [1.807, 2.05) is 18.2 Å². The number of nitrogens with zero attached hydrogens (tertiary/aromatic N) is 1. The fraction of sp³-hybridized carbons (Fsp3) is 0.364. The standard InChI is InChI=1S/C22H22N2O2/c23-15-22(10-12-26-13-11-22)21(25)24-20-9-8-17-6-7-18(14-19(17)20)16-4-2-1-3-5-16/h1-7,14,20H,8-13H2,(H,24,25). The summed E-state index contributed by atoms with van der Waals surface area (Å²) >= 11 is 0. The Morgan fingerprint density at radius 3 is 2.62 bits per heavy atom. The van der Waals surface area contributed by atoms with Gasteiger partial charge < -0.3 is 10.1 Å². The first-order valence-electron chi connectivity index (χ1n) is 9.20. The molecule has 1 heterocycles. The summed E-state index contributed by atoms with van der Waals surface area (Å²) in [6, 6.07) is 19.0. The highest BCUT2D eigenvalue weighted by Crippen LogP contribution is 2.37. The molecule has 0 bridgehead atoms. The SMILES string of the molecule is N#CC1(C(=O)NC2CCc3ccc(-c4ccccc4)cc32)CCOCC1. The maximum absolute atomic E-state index is 12.9. The molecule has 2 aliphatic rings. The zero-order valence-corrected chi connectivity index (χ0v) is 14.7. The van der Waals surface area contributed by atoms with Crippen LogP contribution in [0.5, 0.6) is 0 Å². The van der Waals surface area contributed by atoms with Gasteiger partial charge in [0.05, 0.1) is 12.1 Å². The number of fused-ring (bicyclic) bond motifs is 1. The van der Waals surface area contributed by atoms with Crippen molar-refractivity contribution in [3.63, 3.8) is 0 Å². The van der Waals surface area contributed by atoms with Crippen LogP contribution in [0.3, 0.4) is 0 Å². The summed E-state index contributed by atoms with van der Waals surface area (Å²) in [6.45, 7) is 0.945. The van der Waals surface area contributed by atoms with Crippen LogP contribution in [0, 0.1) is 16.7 Å². The van der Waals surface area contributed by atoms with Gasteiger partial charge in [0.15, 0.2) is 0 Å². The van der Waals surface area contributed by atoms with Crippen LogP contribution in [0.15, 0.2) is 48.5 Å². The maximum Gasteiger partial charge on any atom is 0.241 e. The van der Waals surface area contributed by atoms with Crippen molar-refractivity contribution in [1.82, 2.24) is 5.32 Å². The smallest absolute Gasteiger partial charge is 0.241 e. The quantitative estimate of drug-likeness (QED) is 0.920. The third-order valence-electron chi connectivity index (χ3n) is 5.63. The van der Waals surface area contributed by atoms with Crippen molar-refractivity contribution in [2.45, 2.75) is 31.7 Å². The number of benzene rings is 2. The lowest BCUT2D eigenvalue weighted by Crippen LogP contribution is -2.44. The molecule has 1 aliphatic carbocycles. The average Bonchev–Trinajstić information content (AvgIpc) is 3.11. The number of ether oxygens (including phenoxy) is 1. The summed E-state index contributed by atoms with van der Waals surface area (Å²) < 4.78 is 5.34. The Labute approximate surface area is 153 Å². The lowest BCUT2D eigenvalue weighted by molar-refractivity contribution is -0.133. The summed E-state index contributed by atoms with van der Waals surface area (Å²) in [4.78, 5) is 12.9. The number of nitriles is 1. The summed E-state index contributed by atoms with van der Waals surface area (Å²) in [5.74, 6) is -0.147. The zero-order valence-electron chi connectivity index (χ0n) is 14.7. The molecule has 0 radical (unpaired) electrons. The summed E-state index contributed by atoms with van der Waals surface area (Å²) in [5, 5.41) is 12.8. The molecular formula is C22H22N2O2. The molecule has 4 rings (SSSR count). The minimum absolute atomic E-state index is 0.0192. The van der Waals surface area contributed by atoms with Crippen LogP contribution < -0.4 is 5.32 Å². The molecule has 26 heavy (non-hydrogen) atoms. The van der Waals surface area contributed by atoms with Crippen LogP contribution in [-0.4, -0.2) is 19.1 Å². The van der Waals surface area contributed by atoms with Crippen LogP contribution in [-0.2, 0) is 16.0 Å². The summed E-state index contributed by atoms with van der Waals surface area (Å²) in [7, 11) is 0. The molecule has 0 spiro atoms. The van der Waals surface area contributed by atoms with Gasteiger partial charge in [-0.1, -0.05) is 42.5 Å². The minimum atomic E-state index is -0.946.